The molecule has 1 fully saturated rings. The minimum atomic E-state index is -0.918. The number of carbonyl (C=O) groups excluding carboxylic acids is 4. The third-order valence-corrected chi connectivity index (χ3v) is 6.36. The number of nitrogens with zero attached hydrogens (tertiary/aromatic N) is 1. The van der Waals surface area contributed by atoms with E-state index in [2.05, 4.69) is 10.1 Å². The van der Waals surface area contributed by atoms with E-state index in [1.807, 2.05) is 22.6 Å². The van der Waals surface area contributed by atoms with E-state index in [0.29, 0.717) is 32.8 Å². The number of anilines is 1. The molecule has 3 aromatic carbocycles. The Morgan fingerprint density at radius 1 is 1.05 bits per heavy atom. The number of amides is 4. The van der Waals surface area contributed by atoms with Gasteiger partial charge in [-0.15, -0.1) is 0 Å². The number of hydrogen-bond donors (Lipinski definition) is 1. The monoisotopic (exact) mass is 644 g/mol. The molecule has 1 N–H and O–H groups in total. The molecule has 0 spiro atoms. The van der Waals surface area contributed by atoms with E-state index < -0.39 is 23.8 Å². The van der Waals surface area contributed by atoms with Gasteiger partial charge in [-0.3, -0.25) is 14.9 Å². The lowest BCUT2D eigenvalue weighted by molar-refractivity contribution is -0.122. The number of rotatable bonds is 8. The Labute approximate surface area is 236 Å². The third kappa shape index (κ3) is 6.25. The summed E-state index contributed by atoms with van der Waals surface area (Å²) >= 11 is 2.04. The second-order valence-corrected chi connectivity index (χ2v) is 9.34. The first kappa shape index (κ1) is 27.8. The van der Waals surface area contributed by atoms with Crippen molar-refractivity contribution in [2.75, 3.05) is 18.6 Å². The number of carbonyl (C=O) groups is 4. The van der Waals surface area contributed by atoms with Crippen molar-refractivity contribution in [1.82, 2.24) is 5.32 Å². The van der Waals surface area contributed by atoms with Crippen molar-refractivity contribution in [2.45, 2.75) is 13.5 Å². The molecule has 3 aromatic rings. The molecule has 0 bridgehead atoms. The molecule has 4 amide bonds. The maximum atomic E-state index is 13.5. The van der Waals surface area contributed by atoms with Crippen LogP contribution in [0.5, 0.6) is 11.5 Å². The molecule has 0 saturated carbocycles. The van der Waals surface area contributed by atoms with E-state index in [4.69, 9.17) is 9.47 Å². The van der Waals surface area contributed by atoms with Crippen LogP contribution in [0.1, 0.15) is 28.4 Å². The maximum Gasteiger partial charge on any atom is 0.337 e. The first-order valence-electron chi connectivity index (χ1n) is 11.6. The highest BCUT2D eigenvalue weighted by Gasteiger charge is 2.37. The standard InChI is InChI=1S/C28H22FIN2O7/c1-3-38-23-14-17(13-22(30)24(23)39-15-16-5-4-6-19(29)11-16)12-21-25(33)31-28(36)32(26(21)34)20-9-7-18(8-10-20)27(35)37-2/h4-14H,3,15H2,1-2H3,(H,31,33,36)/b21-12+. The number of benzene rings is 3. The number of methoxy groups -OCH3 is 1. The van der Waals surface area contributed by atoms with E-state index in [-0.39, 0.29) is 29.2 Å². The number of nitrogens with one attached hydrogen (secondary N) is 1. The lowest BCUT2D eigenvalue weighted by Crippen LogP contribution is -2.54. The number of ether oxygens (including phenoxy) is 3. The number of imide groups is 2. The van der Waals surface area contributed by atoms with Gasteiger partial charge in [-0.1, -0.05) is 12.1 Å². The first-order chi connectivity index (χ1) is 18.7. The summed E-state index contributed by atoms with van der Waals surface area (Å²) in [6.07, 6.45) is 1.35. The number of halogens is 2. The Morgan fingerprint density at radius 2 is 1.79 bits per heavy atom. The average molecular weight is 644 g/mol. The Bertz CT molecular complexity index is 1490. The molecule has 9 nitrogen and oxygen atoms in total. The average Bonchev–Trinajstić information content (AvgIpc) is 2.90. The van der Waals surface area contributed by atoms with Crippen molar-refractivity contribution in [1.29, 1.82) is 0 Å². The van der Waals surface area contributed by atoms with E-state index in [9.17, 15) is 23.6 Å². The molecular formula is C28H22FIN2O7. The van der Waals surface area contributed by atoms with Gasteiger partial charge in [0.2, 0.25) is 0 Å². The predicted molar refractivity (Wildman–Crippen MR) is 148 cm³/mol. The molecule has 11 heteroatoms. The molecular weight excluding hydrogens is 622 g/mol. The third-order valence-electron chi connectivity index (χ3n) is 5.56. The summed E-state index contributed by atoms with van der Waals surface area (Å²) in [6.45, 7) is 2.21. The molecule has 1 aliphatic heterocycles. The largest absolute Gasteiger partial charge is 0.490 e. The fourth-order valence-electron chi connectivity index (χ4n) is 3.78. The minimum Gasteiger partial charge on any atom is -0.490 e. The van der Waals surface area contributed by atoms with Gasteiger partial charge in [-0.25, -0.2) is 18.9 Å². The van der Waals surface area contributed by atoms with Crippen molar-refractivity contribution in [3.8, 4) is 11.5 Å². The Morgan fingerprint density at radius 3 is 2.46 bits per heavy atom. The van der Waals surface area contributed by atoms with Gasteiger partial charge >= 0.3 is 12.0 Å². The zero-order chi connectivity index (χ0) is 28.1. The molecule has 0 radical (unpaired) electrons. The Kier molecular flexibility index (Phi) is 8.59. The molecule has 1 heterocycles. The van der Waals surface area contributed by atoms with Gasteiger partial charge in [0, 0.05) is 0 Å². The van der Waals surface area contributed by atoms with Crippen molar-refractivity contribution in [3.63, 3.8) is 0 Å². The van der Waals surface area contributed by atoms with Crippen molar-refractivity contribution in [2.24, 2.45) is 0 Å². The lowest BCUT2D eigenvalue weighted by atomic mass is 10.1. The van der Waals surface area contributed by atoms with Gasteiger partial charge in [0.25, 0.3) is 11.8 Å². The molecule has 1 aliphatic rings. The predicted octanol–water partition coefficient (Wildman–Crippen LogP) is 4.86. The highest BCUT2D eigenvalue weighted by atomic mass is 127. The van der Waals surface area contributed by atoms with Gasteiger partial charge in [-0.2, -0.15) is 0 Å². The van der Waals surface area contributed by atoms with Crippen LogP contribution in [-0.2, 0) is 20.9 Å². The van der Waals surface area contributed by atoms with Gasteiger partial charge in [0.15, 0.2) is 11.5 Å². The lowest BCUT2D eigenvalue weighted by Gasteiger charge is -2.26. The van der Waals surface area contributed by atoms with Crippen molar-refractivity contribution in [3.05, 3.63) is 92.3 Å². The fourth-order valence-corrected chi connectivity index (χ4v) is 4.56. The summed E-state index contributed by atoms with van der Waals surface area (Å²) in [5, 5.41) is 2.16. The van der Waals surface area contributed by atoms with E-state index >= 15 is 0 Å². The molecule has 0 aliphatic carbocycles. The molecule has 0 atom stereocenters. The second-order valence-electron chi connectivity index (χ2n) is 8.18. The summed E-state index contributed by atoms with van der Waals surface area (Å²) in [7, 11) is 1.24. The molecule has 4 rings (SSSR count). The van der Waals surface area contributed by atoms with Gasteiger partial charge in [0.1, 0.15) is 18.0 Å². The van der Waals surface area contributed by atoms with Crippen LogP contribution in [0.15, 0.2) is 66.2 Å². The van der Waals surface area contributed by atoms with Gasteiger partial charge in [0.05, 0.1) is 28.5 Å². The fraction of sp³-hybridized carbons (Fsp3) is 0.143. The van der Waals surface area contributed by atoms with Crippen LogP contribution in [0.2, 0.25) is 0 Å². The zero-order valence-corrected chi connectivity index (χ0v) is 23.0. The SMILES string of the molecule is CCOc1cc(/C=C2\C(=O)NC(=O)N(c3ccc(C(=O)OC)cc3)C2=O)cc(I)c1OCc1cccc(F)c1. The summed E-state index contributed by atoms with van der Waals surface area (Å²) in [4.78, 5) is 50.9. The molecule has 0 unspecified atom stereocenters. The summed E-state index contributed by atoms with van der Waals surface area (Å²) in [6, 6.07) is 14.0. The number of barbiturate groups is 1. The van der Waals surface area contributed by atoms with E-state index in [0.717, 1.165) is 4.90 Å². The molecule has 39 heavy (non-hydrogen) atoms. The van der Waals surface area contributed by atoms with Crippen LogP contribution in [0.3, 0.4) is 0 Å². The highest BCUT2D eigenvalue weighted by molar-refractivity contribution is 14.1. The Hall–Kier alpha value is -4.26. The molecule has 0 aromatic heterocycles. The van der Waals surface area contributed by atoms with Crippen LogP contribution < -0.4 is 19.7 Å². The Balaban J connectivity index is 1.64. The van der Waals surface area contributed by atoms with Crippen LogP contribution in [0.25, 0.3) is 6.08 Å². The number of urea groups is 1. The van der Waals surface area contributed by atoms with Gasteiger partial charge in [-0.05, 0) is 95.2 Å². The molecule has 200 valence electrons. The quantitative estimate of drug-likeness (QED) is 0.161. The van der Waals surface area contributed by atoms with Crippen LogP contribution in [0, 0.1) is 9.39 Å². The van der Waals surface area contributed by atoms with Crippen LogP contribution in [-0.4, -0.2) is 37.5 Å². The second kappa shape index (κ2) is 12.1. The molecule has 1 saturated heterocycles. The summed E-state index contributed by atoms with van der Waals surface area (Å²) in [5.41, 5.74) is 1.20. The van der Waals surface area contributed by atoms with E-state index in [1.165, 1.54) is 49.6 Å². The minimum absolute atomic E-state index is 0.0982. The normalized spacial score (nSPS) is 14.3. The number of hydrogen-bond acceptors (Lipinski definition) is 7. The first-order valence-corrected chi connectivity index (χ1v) is 12.7. The topological polar surface area (TPSA) is 111 Å². The van der Waals surface area contributed by atoms with E-state index in [1.54, 1.807) is 31.2 Å². The smallest absolute Gasteiger partial charge is 0.337 e. The van der Waals surface area contributed by atoms with Crippen molar-refractivity contribution >= 4 is 58.2 Å². The van der Waals surface area contributed by atoms with Crippen molar-refractivity contribution < 1.29 is 37.8 Å². The van der Waals surface area contributed by atoms with Crippen LogP contribution in [0.4, 0.5) is 14.9 Å². The summed E-state index contributed by atoms with van der Waals surface area (Å²) in [5.74, 6) is -1.86. The number of esters is 1. The van der Waals surface area contributed by atoms with Crippen LogP contribution >= 0.6 is 22.6 Å². The highest BCUT2D eigenvalue weighted by Crippen LogP contribution is 2.36. The zero-order valence-electron chi connectivity index (χ0n) is 20.8. The maximum absolute atomic E-state index is 13.5. The van der Waals surface area contributed by atoms with Gasteiger partial charge < -0.3 is 14.2 Å². The summed E-state index contributed by atoms with van der Waals surface area (Å²) < 4.78 is 30.5.